The van der Waals surface area contributed by atoms with Gasteiger partial charge >= 0.3 is 0 Å². The number of sulfonamides is 1. The minimum Gasteiger partial charge on any atom is -0.379 e. The van der Waals surface area contributed by atoms with Crippen LogP contribution in [0.3, 0.4) is 0 Å². The van der Waals surface area contributed by atoms with Gasteiger partial charge in [0.15, 0.2) is 0 Å². The van der Waals surface area contributed by atoms with E-state index in [1.807, 2.05) is 0 Å². The third-order valence-electron chi connectivity index (χ3n) is 4.55. The van der Waals surface area contributed by atoms with Crippen LogP contribution in [-0.2, 0) is 14.8 Å². The van der Waals surface area contributed by atoms with E-state index in [0.29, 0.717) is 56.2 Å². The summed E-state index contributed by atoms with van der Waals surface area (Å²) in [5.74, 6) is 0.824. The molecule has 1 heterocycles. The molecule has 2 atom stereocenters. The summed E-state index contributed by atoms with van der Waals surface area (Å²) in [5, 5.41) is 2.77. The largest absolute Gasteiger partial charge is 0.379 e. The number of benzene rings is 1. The lowest BCUT2D eigenvalue weighted by atomic mass is 9.94. The number of rotatable bonds is 8. The zero-order chi connectivity index (χ0) is 20.0. The number of carbonyl (C=O) groups excluding carboxylic acids is 1. The van der Waals surface area contributed by atoms with Gasteiger partial charge in [-0.15, -0.1) is 0 Å². The minimum atomic E-state index is -3.59. The van der Waals surface area contributed by atoms with Crippen molar-refractivity contribution in [3.63, 3.8) is 0 Å². The molecule has 1 aromatic rings. The second-order valence-corrected chi connectivity index (χ2v) is 9.96. The Balaban J connectivity index is 2.02. The average Bonchev–Trinajstić information content (AvgIpc) is 2.60. The zero-order valence-electron chi connectivity index (χ0n) is 16.8. The monoisotopic (exact) mass is 396 g/mol. The van der Waals surface area contributed by atoms with Gasteiger partial charge in [-0.05, 0) is 42.4 Å². The van der Waals surface area contributed by atoms with E-state index < -0.39 is 10.0 Å². The third kappa shape index (κ3) is 6.30. The van der Waals surface area contributed by atoms with Gasteiger partial charge in [-0.1, -0.05) is 33.8 Å². The Morgan fingerprint density at radius 2 is 1.93 bits per heavy atom. The van der Waals surface area contributed by atoms with E-state index in [0.717, 1.165) is 6.42 Å². The van der Waals surface area contributed by atoms with Gasteiger partial charge in [0.25, 0.3) is 5.91 Å². The Labute approximate surface area is 163 Å². The normalized spacial score (nSPS) is 21.4. The van der Waals surface area contributed by atoms with Gasteiger partial charge in [0.2, 0.25) is 10.0 Å². The van der Waals surface area contributed by atoms with E-state index in [-0.39, 0.29) is 10.8 Å². The molecule has 2 rings (SSSR count). The highest BCUT2D eigenvalue weighted by Gasteiger charge is 2.31. The van der Waals surface area contributed by atoms with Crippen LogP contribution in [0.15, 0.2) is 29.2 Å². The molecule has 27 heavy (non-hydrogen) atoms. The lowest BCUT2D eigenvalue weighted by Gasteiger charge is -2.34. The van der Waals surface area contributed by atoms with Gasteiger partial charge < -0.3 is 10.1 Å². The van der Waals surface area contributed by atoms with E-state index >= 15 is 0 Å². The van der Waals surface area contributed by atoms with Crippen molar-refractivity contribution < 1.29 is 17.9 Å². The first-order valence-corrected chi connectivity index (χ1v) is 11.1. The van der Waals surface area contributed by atoms with Gasteiger partial charge in [-0.3, -0.25) is 4.79 Å². The van der Waals surface area contributed by atoms with Crippen molar-refractivity contribution in [3.8, 4) is 0 Å². The Morgan fingerprint density at radius 3 is 2.56 bits per heavy atom. The summed E-state index contributed by atoms with van der Waals surface area (Å²) >= 11 is 0. The molecule has 1 aromatic carbocycles. The van der Waals surface area contributed by atoms with Crippen molar-refractivity contribution in [2.24, 2.45) is 17.8 Å². The van der Waals surface area contributed by atoms with Crippen LogP contribution in [0.25, 0.3) is 0 Å². The Hall–Kier alpha value is -1.44. The summed E-state index contributed by atoms with van der Waals surface area (Å²) in [5.41, 5.74) is 0.345. The predicted octanol–water partition coefficient (Wildman–Crippen LogP) is 2.76. The average molecular weight is 397 g/mol. The highest BCUT2D eigenvalue weighted by molar-refractivity contribution is 7.89. The molecule has 1 aliphatic rings. The first kappa shape index (κ1) is 21.9. The molecule has 0 aliphatic carbocycles. The number of carbonyl (C=O) groups is 1. The lowest BCUT2D eigenvalue weighted by Crippen LogP contribution is -2.42. The zero-order valence-corrected chi connectivity index (χ0v) is 17.6. The summed E-state index contributed by atoms with van der Waals surface area (Å²) in [6.07, 6.45) is 1.04. The maximum absolute atomic E-state index is 13.0. The first-order valence-electron chi connectivity index (χ1n) is 9.66. The topological polar surface area (TPSA) is 75.7 Å². The molecule has 0 aromatic heterocycles. The minimum absolute atomic E-state index is 0.174. The molecule has 1 fully saturated rings. The van der Waals surface area contributed by atoms with Gasteiger partial charge in [-0.25, -0.2) is 8.42 Å². The highest BCUT2D eigenvalue weighted by Crippen LogP contribution is 2.26. The summed E-state index contributed by atoms with van der Waals surface area (Å²) < 4.78 is 33.0. The first-order chi connectivity index (χ1) is 12.7. The summed E-state index contributed by atoms with van der Waals surface area (Å²) in [6, 6.07) is 6.27. The number of hydrogen-bond acceptors (Lipinski definition) is 4. The number of nitrogens with zero attached hydrogens (tertiary/aromatic N) is 1. The number of nitrogens with one attached hydrogen (secondary N) is 1. The molecule has 0 saturated carbocycles. The van der Waals surface area contributed by atoms with Crippen molar-refractivity contribution in [1.82, 2.24) is 9.62 Å². The maximum atomic E-state index is 13.0. The molecular weight excluding hydrogens is 364 g/mol. The van der Waals surface area contributed by atoms with Crippen LogP contribution >= 0.6 is 0 Å². The molecule has 1 N–H and O–H groups in total. The third-order valence-corrected chi connectivity index (χ3v) is 6.38. The van der Waals surface area contributed by atoms with E-state index in [2.05, 4.69) is 33.0 Å². The smallest absolute Gasteiger partial charge is 0.251 e. The summed E-state index contributed by atoms with van der Waals surface area (Å²) in [7, 11) is -3.59. The number of amides is 1. The van der Waals surface area contributed by atoms with Crippen molar-refractivity contribution in [2.45, 2.75) is 39.0 Å². The quantitative estimate of drug-likeness (QED) is 0.686. The molecular formula is C20H32N2O4S. The molecule has 7 heteroatoms. The van der Waals surface area contributed by atoms with E-state index in [4.69, 9.17) is 4.74 Å². The van der Waals surface area contributed by atoms with Crippen molar-refractivity contribution in [3.05, 3.63) is 29.8 Å². The lowest BCUT2D eigenvalue weighted by molar-refractivity contribution is 0.0886. The summed E-state index contributed by atoms with van der Waals surface area (Å²) in [4.78, 5) is 12.5. The van der Waals surface area contributed by atoms with Crippen LogP contribution < -0.4 is 5.32 Å². The van der Waals surface area contributed by atoms with Gasteiger partial charge in [0, 0.05) is 31.8 Å². The van der Waals surface area contributed by atoms with E-state index in [1.54, 1.807) is 22.5 Å². The van der Waals surface area contributed by atoms with Gasteiger partial charge in [-0.2, -0.15) is 4.31 Å². The van der Waals surface area contributed by atoms with Crippen molar-refractivity contribution in [1.29, 1.82) is 0 Å². The molecule has 1 amide bonds. The number of piperidine rings is 1. The highest BCUT2D eigenvalue weighted by atomic mass is 32.2. The fraction of sp³-hybridized carbons (Fsp3) is 0.650. The Morgan fingerprint density at radius 1 is 1.26 bits per heavy atom. The van der Waals surface area contributed by atoms with Crippen LogP contribution in [0.4, 0.5) is 0 Å². The second kappa shape index (κ2) is 9.66. The fourth-order valence-corrected chi connectivity index (χ4v) is 5.13. The number of hydrogen-bond donors (Lipinski definition) is 1. The molecule has 1 saturated heterocycles. The van der Waals surface area contributed by atoms with E-state index in [9.17, 15) is 13.2 Å². The van der Waals surface area contributed by atoms with Crippen LogP contribution in [0.1, 0.15) is 44.5 Å². The van der Waals surface area contributed by atoms with Gasteiger partial charge in [0.05, 0.1) is 11.5 Å². The molecule has 0 bridgehead atoms. The predicted molar refractivity (Wildman–Crippen MR) is 106 cm³/mol. The molecule has 0 radical (unpaired) electrons. The van der Waals surface area contributed by atoms with Crippen LogP contribution in [-0.4, -0.2) is 51.5 Å². The molecule has 152 valence electrons. The molecule has 2 unspecified atom stereocenters. The Bertz CT molecular complexity index is 723. The Kier molecular flexibility index (Phi) is 7.82. The SMILES string of the molecule is CC(C)COCCNC(=O)c1cccc(S(=O)(=O)N2CC(C)CC(C)C2)c1. The number of ether oxygens (including phenoxy) is 1. The molecule has 1 aliphatic heterocycles. The standard InChI is InChI=1S/C20H32N2O4S/c1-15(2)14-26-9-8-21-20(23)18-6-5-7-19(11-18)27(24,25)22-12-16(3)10-17(4)13-22/h5-7,11,15-17H,8-10,12-14H2,1-4H3,(H,21,23). The van der Waals surface area contributed by atoms with E-state index in [1.165, 1.54) is 6.07 Å². The van der Waals surface area contributed by atoms with Crippen molar-refractivity contribution in [2.75, 3.05) is 32.8 Å². The van der Waals surface area contributed by atoms with Crippen molar-refractivity contribution >= 4 is 15.9 Å². The van der Waals surface area contributed by atoms with Crippen LogP contribution in [0.5, 0.6) is 0 Å². The van der Waals surface area contributed by atoms with Gasteiger partial charge in [0.1, 0.15) is 0 Å². The fourth-order valence-electron chi connectivity index (χ4n) is 3.41. The summed E-state index contributed by atoms with van der Waals surface area (Å²) in [6.45, 7) is 10.8. The molecule has 0 spiro atoms. The maximum Gasteiger partial charge on any atom is 0.251 e. The van der Waals surface area contributed by atoms with Crippen LogP contribution in [0, 0.1) is 17.8 Å². The van der Waals surface area contributed by atoms with Crippen LogP contribution in [0.2, 0.25) is 0 Å². The molecule has 6 nitrogen and oxygen atoms in total. The second-order valence-electron chi connectivity index (χ2n) is 8.02.